The standard InChI is InChI=1S/C9H11F3N2O/c1-2-6-4-3-5-7(8(6)14-13)15-9(10,11)12/h3-5,14H,2,13H2,1H3. The molecular weight excluding hydrogens is 209 g/mol. The lowest BCUT2D eigenvalue weighted by molar-refractivity contribution is -0.274. The van der Waals surface area contributed by atoms with Crippen molar-refractivity contribution in [3.63, 3.8) is 0 Å². The van der Waals surface area contributed by atoms with Crippen LogP contribution in [0.3, 0.4) is 0 Å². The number of anilines is 1. The molecule has 1 rings (SSSR count). The van der Waals surface area contributed by atoms with Gasteiger partial charge in [0.1, 0.15) is 0 Å². The van der Waals surface area contributed by atoms with Gasteiger partial charge in [0.15, 0.2) is 5.75 Å². The monoisotopic (exact) mass is 220 g/mol. The van der Waals surface area contributed by atoms with Crippen molar-refractivity contribution in [2.45, 2.75) is 19.7 Å². The van der Waals surface area contributed by atoms with Crippen LogP contribution >= 0.6 is 0 Å². The number of ether oxygens (including phenoxy) is 1. The maximum Gasteiger partial charge on any atom is 0.573 e. The Labute approximate surface area is 85.0 Å². The Morgan fingerprint density at radius 1 is 1.40 bits per heavy atom. The van der Waals surface area contributed by atoms with Gasteiger partial charge in [0.25, 0.3) is 0 Å². The predicted molar refractivity (Wildman–Crippen MR) is 50.3 cm³/mol. The number of aryl methyl sites for hydroxylation is 1. The molecule has 0 aromatic heterocycles. The zero-order valence-corrected chi connectivity index (χ0v) is 8.06. The van der Waals surface area contributed by atoms with E-state index in [4.69, 9.17) is 5.84 Å². The molecule has 0 saturated heterocycles. The SMILES string of the molecule is CCc1cccc(OC(F)(F)F)c1NN. The molecule has 0 aliphatic rings. The van der Waals surface area contributed by atoms with Gasteiger partial charge >= 0.3 is 6.36 Å². The summed E-state index contributed by atoms with van der Waals surface area (Å²) in [6.07, 6.45) is -4.15. The van der Waals surface area contributed by atoms with Gasteiger partial charge in [0, 0.05) is 0 Å². The van der Waals surface area contributed by atoms with Crippen molar-refractivity contribution in [1.29, 1.82) is 0 Å². The Bertz CT molecular complexity index is 339. The molecule has 84 valence electrons. The van der Waals surface area contributed by atoms with Gasteiger partial charge in [-0.25, -0.2) is 0 Å². The minimum atomic E-state index is -4.71. The van der Waals surface area contributed by atoms with Crippen LogP contribution in [0.4, 0.5) is 18.9 Å². The molecule has 1 aromatic rings. The van der Waals surface area contributed by atoms with E-state index in [1.807, 2.05) is 6.92 Å². The number of rotatable bonds is 3. The number of nitrogens with two attached hydrogens (primary N) is 1. The highest BCUT2D eigenvalue weighted by atomic mass is 19.4. The summed E-state index contributed by atoms with van der Waals surface area (Å²) in [6, 6.07) is 4.38. The molecule has 0 saturated carbocycles. The highest BCUT2D eigenvalue weighted by molar-refractivity contribution is 5.61. The number of halogens is 3. The second-order valence-corrected chi connectivity index (χ2v) is 2.84. The van der Waals surface area contributed by atoms with Crippen LogP contribution in [0.25, 0.3) is 0 Å². The van der Waals surface area contributed by atoms with E-state index in [9.17, 15) is 13.2 Å². The zero-order chi connectivity index (χ0) is 11.5. The molecular formula is C9H11F3N2O. The van der Waals surface area contributed by atoms with E-state index < -0.39 is 6.36 Å². The molecule has 0 spiro atoms. The molecule has 3 nitrogen and oxygen atoms in total. The van der Waals surface area contributed by atoms with E-state index in [-0.39, 0.29) is 11.4 Å². The highest BCUT2D eigenvalue weighted by Crippen LogP contribution is 2.32. The normalized spacial score (nSPS) is 11.3. The minimum Gasteiger partial charge on any atom is -0.404 e. The molecule has 0 fully saturated rings. The van der Waals surface area contributed by atoms with E-state index in [0.29, 0.717) is 12.0 Å². The summed E-state index contributed by atoms with van der Waals surface area (Å²) >= 11 is 0. The summed E-state index contributed by atoms with van der Waals surface area (Å²) in [7, 11) is 0. The van der Waals surface area contributed by atoms with E-state index in [1.54, 1.807) is 6.07 Å². The Hall–Kier alpha value is -1.43. The third-order valence-electron chi connectivity index (χ3n) is 1.86. The highest BCUT2D eigenvalue weighted by Gasteiger charge is 2.32. The third kappa shape index (κ3) is 3.02. The van der Waals surface area contributed by atoms with E-state index >= 15 is 0 Å². The first-order chi connectivity index (χ1) is 6.98. The zero-order valence-electron chi connectivity index (χ0n) is 8.06. The maximum absolute atomic E-state index is 12.0. The lowest BCUT2D eigenvalue weighted by Crippen LogP contribution is -2.19. The number of para-hydroxylation sites is 1. The van der Waals surface area contributed by atoms with E-state index in [1.165, 1.54) is 12.1 Å². The molecule has 0 heterocycles. The van der Waals surface area contributed by atoms with Crippen LogP contribution in [-0.2, 0) is 6.42 Å². The molecule has 3 N–H and O–H groups in total. The second-order valence-electron chi connectivity index (χ2n) is 2.84. The van der Waals surface area contributed by atoms with Crippen molar-refractivity contribution in [3.8, 4) is 5.75 Å². The first kappa shape index (κ1) is 11.6. The molecule has 0 aliphatic carbocycles. The number of hydrazine groups is 1. The Morgan fingerprint density at radius 2 is 2.07 bits per heavy atom. The summed E-state index contributed by atoms with van der Waals surface area (Å²) in [5.74, 6) is 4.83. The van der Waals surface area contributed by atoms with E-state index in [2.05, 4.69) is 10.2 Å². The molecule has 0 unspecified atom stereocenters. The van der Waals surface area contributed by atoms with Crippen LogP contribution in [0.5, 0.6) is 5.75 Å². The number of alkyl halides is 3. The number of benzene rings is 1. The summed E-state index contributed by atoms with van der Waals surface area (Å²) < 4.78 is 39.8. The van der Waals surface area contributed by atoms with Gasteiger partial charge in [-0.1, -0.05) is 19.1 Å². The van der Waals surface area contributed by atoms with Crippen molar-refractivity contribution in [1.82, 2.24) is 0 Å². The van der Waals surface area contributed by atoms with Crippen LogP contribution in [0.15, 0.2) is 18.2 Å². The van der Waals surface area contributed by atoms with Crippen LogP contribution in [0, 0.1) is 0 Å². The molecule has 0 bridgehead atoms. The largest absolute Gasteiger partial charge is 0.573 e. The smallest absolute Gasteiger partial charge is 0.404 e. The van der Waals surface area contributed by atoms with Crippen molar-refractivity contribution >= 4 is 5.69 Å². The van der Waals surface area contributed by atoms with Crippen molar-refractivity contribution in [3.05, 3.63) is 23.8 Å². The Kier molecular flexibility index (Phi) is 3.41. The molecule has 1 aromatic carbocycles. The van der Waals surface area contributed by atoms with Crippen LogP contribution in [-0.4, -0.2) is 6.36 Å². The van der Waals surface area contributed by atoms with Crippen molar-refractivity contribution in [2.24, 2.45) is 5.84 Å². The molecule has 15 heavy (non-hydrogen) atoms. The van der Waals surface area contributed by atoms with Gasteiger partial charge in [-0.15, -0.1) is 13.2 Å². The Morgan fingerprint density at radius 3 is 2.53 bits per heavy atom. The molecule has 0 radical (unpaired) electrons. The minimum absolute atomic E-state index is 0.164. The first-order valence-electron chi connectivity index (χ1n) is 4.32. The van der Waals surface area contributed by atoms with Gasteiger partial charge in [0.05, 0.1) is 5.69 Å². The topological polar surface area (TPSA) is 47.3 Å². The first-order valence-corrected chi connectivity index (χ1v) is 4.32. The average Bonchev–Trinajstić information content (AvgIpc) is 2.15. The molecule has 0 amide bonds. The van der Waals surface area contributed by atoms with Gasteiger partial charge in [-0.3, -0.25) is 5.84 Å². The average molecular weight is 220 g/mol. The summed E-state index contributed by atoms with van der Waals surface area (Å²) in [5, 5.41) is 0. The van der Waals surface area contributed by atoms with Gasteiger partial charge in [-0.2, -0.15) is 0 Å². The van der Waals surface area contributed by atoms with Gasteiger partial charge in [-0.05, 0) is 18.1 Å². The fourth-order valence-electron chi connectivity index (χ4n) is 1.24. The summed E-state index contributed by atoms with van der Waals surface area (Å²) in [5.41, 5.74) is 3.04. The van der Waals surface area contributed by atoms with Gasteiger partial charge in [0.2, 0.25) is 0 Å². The van der Waals surface area contributed by atoms with Crippen molar-refractivity contribution < 1.29 is 17.9 Å². The lowest BCUT2D eigenvalue weighted by atomic mass is 10.1. The quantitative estimate of drug-likeness (QED) is 0.607. The molecule has 0 aliphatic heterocycles. The molecule has 6 heteroatoms. The number of hydrogen-bond acceptors (Lipinski definition) is 3. The van der Waals surface area contributed by atoms with Gasteiger partial charge < -0.3 is 10.2 Å². The second kappa shape index (κ2) is 4.39. The lowest BCUT2D eigenvalue weighted by Gasteiger charge is -2.15. The number of nitrogens with one attached hydrogen (secondary N) is 1. The number of hydrogen-bond donors (Lipinski definition) is 2. The van der Waals surface area contributed by atoms with Crippen molar-refractivity contribution in [2.75, 3.05) is 5.43 Å². The predicted octanol–water partition coefficient (Wildman–Crippen LogP) is 2.43. The molecule has 0 atom stereocenters. The van der Waals surface area contributed by atoms with E-state index in [0.717, 1.165) is 0 Å². The fraction of sp³-hybridized carbons (Fsp3) is 0.333. The van der Waals surface area contributed by atoms with Crippen LogP contribution in [0.1, 0.15) is 12.5 Å². The maximum atomic E-state index is 12.0. The number of nitrogen functional groups attached to an aromatic ring is 1. The summed E-state index contributed by atoms with van der Waals surface area (Å²) in [6.45, 7) is 1.81. The van der Waals surface area contributed by atoms with Crippen LogP contribution in [0.2, 0.25) is 0 Å². The summed E-state index contributed by atoms with van der Waals surface area (Å²) in [4.78, 5) is 0. The Balaban J connectivity index is 3.06. The van der Waals surface area contributed by atoms with Crippen LogP contribution < -0.4 is 16.0 Å². The fourth-order valence-corrected chi connectivity index (χ4v) is 1.24. The third-order valence-corrected chi connectivity index (χ3v) is 1.86.